The van der Waals surface area contributed by atoms with Crippen molar-refractivity contribution in [2.45, 2.75) is 18.2 Å². The lowest BCUT2D eigenvalue weighted by Gasteiger charge is -2.07. The van der Waals surface area contributed by atoms with Crippen LogP contribution in [0.4, 0.5) is 5.95 Å². The molecule has 0 saturated carbocycles. The zero-order valence-corrected chi connectivity index (χ0v) is 12.7. The van der Waals surface area contributed by atoms with Gasteiger partial charge in [0.15, 0.2) is 9.84 Å². The second-order valence-corrected chi connectivity index (χ2v) is 6.51. The lowest BCUT2D eigenvalue weighted by Crippen LogP contribution is -2.04. The highest BCUT2D eigenvalue weighted by Gasteiger charge is 2.07. The van der Waals surface area contributed by atoms with Gasteiger partial charge in [0.1, 0.15) is 5.75 Å². The van der Waals surface area contributed by atoms with Crippen LogP contribution in [-0.2, 0) is 9.84 Å². The summed E-state index contributed by atoms with van der Waals surface area (Å²) in [6, 6.07) is 7.83. The van der Waals surface area contributed by atoms with Gasteiger partial charge in [0.2, 0.25) is 11.8 Å². The van der Waals surface area contributed by atoms with Gasteiger partial charge in [-0.15, -0.1) is 0 Å². The number of rotatable bonds is 6. The second-order valence-electron chi connectivity index (χ2n) is 4.49. The van der Waals surface area contributed by atoms with Gasteiger partial charge in [0.05, 0.1) is 4.90 Å². The van der Waals surface area contributed by atoms with Gasteiger partial charge in [-0.2, -0.15) is 4.98 Å². The molecule has 0 aliphatic carbocycles. The maximum atomic E-state index is 11.4. The molecule has 1 heterocycles. The molecule has 0 aliphatic rings. The molecule has 0 bridgehead atoms. The van der Waals surface area contributed by atoms with Crippen molar-refractivity contribution in [3.8, 4) is 11.6 Å². The maximum absolute atomic E-state index is 11.4. The fourth-order valence-electron chi connectivity index (χ4n) is 1.60. The molecule has 6 nitrogen and oxygen atoms in total. The number of aromatic nitrogens is 2. The first-order chi connectivity index (χ1) is 9.99. The molecule has 112 valence electrons. The maximum Gasteiger partial charge on any atom is 0.225 e. The fraction of sp³-hybridized carbons (Fsp3) is 0.286. The Balaban J connectivity index is 2.11. The Morgan fingerprint density at radius 3 is 2.52 bits per heavy atom. The summed E-state index contributed by atoms with van der Waals surface area (Å²) >= 11 is 0. The van der Waals surface area contributed by atoms with Crippen LogP contribution in [0.15, 0.2) is 41.4 Å². The van der Waals surface area contributed by atoms with Crippen molar-refractivity contribution in [1.82, 2.24) is 9.97 Å². The number of anilines is 1. The molecular formula is C14H17N3O3S. The molecule has 2 aromatic rings. The number of benzene rings is 1. The minimum atomic E-state index is -3.20. The summed E-state index contributed by atoms with van der Waals surface area (Å²) < 4.78 is 28.3. The van der Waals surface area contributed by atoms with Crippen LogP contribution >= 0.6 is 0 Å². The van der Waals surface area contributed by atoms with Crippen molar-refractivity contribution in [2.75, 3.05) is 18.1 Å². The number of sulfone groups is 1. The normalized spacial score (nSPS) is 11.1. The van der Waals surface area contributed by atoms with E-state index in [0.717, 1.165) is 13.0 Å². The molecule has 0 fully saturated rings. The van der Waals surface area contributed by atoms with Crippen molar-refractivity contribution in [1.29, 1.82) is 0 Å². The Morgan fingerprint density at radius 1 is 1.19 bits per heavy atom. The van der Waals surface area contributed by atoms with E-state index in [0.29, 0.717) is 17.6 Å². The average molecular weight is 307 g/mol. The summed E-state index contributed by atoms with van der Waals surface area (Å²) in [4.78, 5) is 8.55. The standard InChI is InChI=1S/C14H17N3O3S/c1-3-9-15-14-16-10-8-13(17-14)20-11-4-6-12(7-5-11)21(2,18)19/h4-8,10H,3,9H2,1-2H3,(H,15,16,17). The van der Waals surface area contributed by atoms with Crippen LogP contribution in [0.1, 0.15) is 13.3 Å². The van der Waals surface area contributed by atoms with Crippen LogP contribution in [-0.4, -0.2) is 31.2 Å². The van der Waals surface area contributed by atoms with Gasteiger partial charge in [-0.1, -0.05) is 6.92 Å². The largest absolute Gasteiger partial charge is 0.439 e. The Hall–Kier alpha value is -2.15. The van der Waals surface area contributed by atoms with Gasteiger partial charge in [-0.3, -0.25) is 0 Å². The highest BCUT2D eigenvalue weighted by Crippen LogP contribution is 2.21. The SMILES string of the molecule is CCCNc1nccc(Oc2ccc(S(C)(=O)=O)cc2)n1. The smallest absolute Gasteiger partial charge is 0.225 e. The molecule has 0 spiro atoms. The van der Waals surface area contributed by atoms with Crippen LogP contribution in [0.2, 0.25) is 0 Å². The Kier molecular flexibility index (Phi) is 4.74. The van der Waals surface area contributed by atoms with Crippen molar-refractivity contribution >= 4 is 15.8 Å². The minimum absolute atomic E-state index is 0.253. The van der Waals surface area contributed by atoms with E-state index in [4.69, 9.17) is 4.74 Å². The van der Waals surface area contributed by atoms with E-state index in [9.17, 15) is 8.42 Å². The highest BCUT2D eigenvalue weighted by molar-refractivity contribution is 7.90. The first-order valence-electron chi connectivity index (χ1n) is 6.54. The molecule has 0 saturated heterocycles. The summed E-state index contributed by atoms with van der Waals surface area (Å²) in [6.07, 6.45) is 3.74. The van der Waals surface area contributed by atoms with Gasteiger partial charge in [-0.25, -0.2) is 13.4 Å². The van der Waals surface area contributed by atoms with E-state index in [-0.39, 0.29) is 4.90 Å². The third-order valence-electron chi connectivity index (χ3n) is 2.64. The van der Waals surface area contributed by atoms with Crippen molar-refractivity contribution in [3.63, 3.8) is 0 Å². The third kappa shape index (κ3) is 4.42. The van der Waals surface area contributed by atoms with Crippen molar-refractivity contribution in [3.05, 3.63) is 36.5 Å². The van der Waals surface area contributed by atoms with E-state index >= 15 is 0 Å². The Morgan fingerprint density at radius 2 is 1.90 bits per heavy atom. The first kappa shape index (κ1) is 15.2. The monoisotopic (exact) mass is 307 g/mol. The van der Waals surface area contributed by atoms with E-state index in [1.165, 1.54) is 18.4 Å². The lowest BCUT2D eigenvalue weighted by molar-refractivity contribution is 0.462. The van der Waals surface area contributed by atoms with Crippen LogP contribution in [0, 0.1) is 0 Å². The number of ether oxygens (including phenoxy) is 1. The van der Waals surface area contributed by atoms with Gasteiger partial charge in [0, 0.05) is 25.1 Å². The lowest BCUT2D eigenvalue weighted by atomic mass is 10.3. The van der Waals surface area contributed by atoms with Gasteiger partial charge < -0.3 is 10.1 Å². The molecule has 7 heteroatoms. The van der Waals surface area contributed by atoms with Gasteiger partial charge in [-0.05, 0) is 30.7 Å². The molecule has 2 rings (SSSR count). The van der Waals surface area contributed by atoms with E-state index in [2.05, 4.69) is 22.2 Å². The third-order valence-corrected chi connectivity index (χ3v) is 3.77. The molecule has 21 heavy (non-hydrogen) atoms. The van der Waals surface area contributed by atoms with E-state index < -0.39 is 9.84 Å². The average Bonchev–Trinajstić information content (AvgIpc) is 2.45. The van der Waals surface area contributed by atoms with Gasteiger partial charge in [0.25, 0.3) is 0 Å². The van der Waals surface area contributed by atoms with E-state index in [1.54, 1.807) is 24.4 Å². The summed E-state index contributed by atoms with van der Waals surface area (Å²) in [5, 5.41) is 3.07. The molecule has 1 N–H and O–H groups in total. The molecular weight excluding hydrogens is 290 g/mol. The number of hydrogen-bond acceptors (Lipinski definition) is 6. The second kappa shape index (κ2) is 6.53. The van der Waals surface area contributed by atoms with Crippen LogP contribution in [0.3, 0.4) is 0 Å². The topological polar surface area (TPSA) is 81.2 Å². The highest BCUT2D eigenvalue weighted by atomic mass is 32.2. The molecule has 0 atom stereocenters. The first-order valence-corrected chi connectivity index (χ1v) is 8.43. The molecule has 1 aromatic carbocycles. The summed E-state index contributed by atoms with van der Waals surface area (Å²) in [5.74, 6) is 1.42. The Labute approximate surface area is 124 Å². The van der Waals surface area contributed by atoms with Crippen LogP contribution < -0.4 is 10.1 Å². The van der Waals surface area contributed by atoms with Crippen LogP contribution in [0.25, 0.3) is 0 Å². The molecule has 0 amide bonds. The number of nitrogens with one attached hydrogen (secondary N) is 1. The van der Waals surface area contributed by atoms with Crippen molar-refractivity contribution in [2.24, 2.45) is 0 Å². The van der Waals surface area contributed by atoms with Crippen LogP contribution in [0.5, 0.6) is 11.6 Å². The van der Waals surface area contributed by atoms with Crippen molar-refractivity contribution < 1.29 is 13.2 Å². The summed E-state index contributed by atoms with van der Waals surface area (Å²) in [6.45, 7) is 2.84. The van der Waals surface area contributed by atoms with Gasteiger partial charge >= 0.3 is 0 Å². The summed E-state index contributed by atoms with van der Waals surface area (Å²) in [7, 11) is -3.20. The fourth-order valence-corrected chi connectivity index (χ4v) is 2.23. The summed E-state index contributed by atoms with van der Waals surface area (Å²) in [5.41, 5.74) is 0. The number of hydrogen-bond donors (Lipinski definition) is 1. The predicted octanol–water partition coefficient (Wildman–Crippen LogP) is 2.49. The minimum Gasteiger partial charge on any atom is -0.439 e. The molecule has 0 aliphatic heterocycles. The molecule has 0 radical (unpaired) electrons. The molecule has 1 aromatic heterocycles. The molecule has 0 unspecified atom stereocenters. The predicted molar refractivity (Wildman–Crippen MR) is 80.4 cm³/mol. The number of nitrogens with zero attached hydrogens (tertiary/aromatic N) is 2. The zero-order valence-electron chi connectivity index (χ0n) is 11.9. The Bertz CT molecular complexity index is 700. The van der Waals surface area contributed by atoms with E-state index in [1.807, 2.05) is 0 Å². The zero-order chi connectivity index (χ0) is 15.3. The quantitative estimate of drug-likeness (QED) is 0.883.